The lowest BCUT2D eigenvalue weighted by Crippen LogP contribution is -2.27. The fourth-order valence-electron chi connectivity index (χ4n) is 2.82. The van der Waals surface area contributed by atoms with Gasteiger partial charge in [-0.05, 0) is 60.7 Å². The van der Waals surface area contributed by atoms with Crippen molar-refractivity contribution in [2.75, 3.05) is 10.6 Å². The highest BCUT2D eigenvalue weighted by Gasteiger charge is 2.11. The van der Waals surface area contributed by atoms with Gasteiger partial charge in [0.1, 0.15) is 17.3 Å². The van der Waals surface area contributed by atoms with Crippen LogP contribution in [0.1, 0.15) is 16.2 Å². The summed E-state index contributed by atoms with van der Waals surface area (Å²) in [5.41, 5.74) is 2.13. The average molecular weight is 392 g/mol. The summed E-state index contributed by atoms with van der Waals surface area (Å²) < 4.78 is 18.4. The lowest BCUT2D eigenvalue weighted by molar-refractivity contribution is 0.102. The Hall–Kier alpha value is -4.07. The van der Waals surface area contributed by atoms with Gasteiger partial charge in [-0.15, -0.1) is 0 Å². The number of halogens is 1. The van der Waals surface area contributed by atoms with Crippen molar-refractivity contribution in [1.29, 1.82) is 0 Å². The van der Waals surface area contributed by atoms with Gasteiger partial charge < -0.3 is 25.4 Å². The molecule has 2 aromatic heterocycles. The number of furan rings is 1. The van der Waals surface area contributed by atoms with Crippen LogP contribution in [0.5, 0.6) is 0 Å². The molecule has 8 heteroatoms. The summed E-state index contributed by atoms with van der Waals surface area (Å²) in [6, 6.07) is 15.7. The summed E-state index contributed by atoms with van der Waals surface area (Å²) in [6.45, 7) is 0.279. The van der Waals surface area contributed by atoms with Crippen molar-refractivity contribution < 1.29 is 18.4 Å². The van der Waals surface area contributed by atoms with Gasteiger partial charge in [-0.1, -0.05) is 0 Å². The number of fused-ring (bicyclic) bond motifs is 1. The molecule has 0 saturated heterocycles. The molecule has 4 N–H and O–H groups in total. The predicted octanol–water partition coefficient (Wildman–Crippen LogP) is 4.47. The van der Waals surface area contributed by atoms with E-state index in [2.05, 4.69) is 20.9 Å². The Morgan fingerprint density at radius 3 is 2.45 bits per heavy atom. The molecule has 29 heavy (non-hydrogen) atoms. The van der Waals surface area contributed by atoms with Gasteiger partial charge in [0.25, 0.3) is 5.91 Å². The lowest BCUT2D eigenvalue weighted by atomic mass is 10.2. The van der Waals surface area contributed by atoms with Gasteiger partial charge in [-0.3, -0.25) is 4.79 Å². The molecule has 0 aliphatic carbocycles. The van der Waals surface area contributed by atoms with Crippen molar-refractivity contribution in [3.05, 3.63) is 84.2 Å². The molecule has 4 aromatic rings. The predicted molar refractivity (Wildman–Crippen MR) is 107 cm³/mol. The van der Waals surface area contributed by atoms with E-state index >= 15 is 0 Å². The molecular weight excluding hydrogens is 375 g/mol. The van der Waals surface area contributed by atoms with Crippen LogP contribution in [0.4, 0.5) is 20.6 Å². The van der Waals surface area contributed by atoms with E-state index in [4.69, 9.17) is 4.42 Å². The van der Waals surface area contributed by atoms with E-state index in [1.54, 1.807) is 48.5 Å². The summed E-state index contributed by atoms with van der Waals surface area (Å²) in [5.74, 6) is -0.0591. The summed E-state index contributed by atoms with van der Waals surface area (Å²) in [4.78, 5) is 27.3. The Bertz CT molecular complexity index is 1150. The zero-order chi connectivity index (χ0) is 20.2. The van der Waals surface area contributed by atoms with Crippen LogP contribution in [-0.2, 0) is 6.54 Å². The number of urea groups is 1. The van der Waals surface area contributed by atoms with Crippen molar-refractivity contribution in [2.45, 2.75) is 6.54 Å². The van der Waals surface area contributed by atoms with Crippen molar-refractivity contribution in [3.63, 3.8) is 0 Å². The van der Waals surface area contributed by atoms with E-state index in [0.29, 0.717) is 33.7 Å². The van der Waals surface area contributed by atoms with E-state index in [1.807, 2.05) is 0 Å². The number of hydrogen-bond donors (Lipinski definition) is 4. The second-order valence-corrected chi connectivity index (χ2v) is 6.33. The van der Waals surface area contributed by atoms with E-state index in [0.717, 1.165) is 0 Å². The smallest absolute Gasteiger partial charge is 0.319 e. The number of carbonyl (C=O) groups is 2. The minimum atomic E-state index is -0.372. The van der Waals surface area contributed by atoms with Crippen LogP contribution in [-0.4, -0.2) is 16.9 Å². The molecule has 0 aliphatic heterocycles. The molecule has 0 fully saturated rings. The Kier molecular flexibility index (Phi) is 4.98. The zero-order valence-corrected chi connectivity index (χ0v) is 15.2. The number of hydrogen-bond acceptors (Lipinski definition) is 3. The molecule has 0 spiro atoms. The van der Waals surface area contributed by atoms with Gasteiger partial charge in [-0.2, -0.15) is 0 Å². The van der Waals surface area contributed by atoms with Gasteiger partial charge in [0.2, 0.25) is 0 Å². The topological polar surface area (TPSA) is 99.2 Å². The Morgan fingerprint density at radius 2 is 1.72 bits per heavy atom. The number of aromatic amines is 1. The van der Waals surface area contributed by atoms with Crippen LogP contribution in [0.25, 0.3) is 10.9 Å². The Morgan fingerprint density at radius 1 is 0.966 bits per heavy atom. The number of amides is 3. The molecule has 7 nitrogen and oxygen atoms in total. The molecule has 0 radical (unpaired) electrons. The summed E-state index contributed by atoms with van der Waals surface area (Å²) in [6.07, 6.45) is 1.54. The van der Waals surface area contributed by atoms with Crippen molar-refractivity contribution in [3.8, 4) is 0 Å². The third kappa shape index (κ3) is 4.44. The van der Waals surface area contributed by atoms with E-state index < -0.39 is 0 Å². The number of H-pyrrole nitrogens is 1. The van der Waals surface area contributed by atoms with Gasteiger partial charge in [0.15, 0.2) is 0 Å². The highest BCUT2D eigenvalue weighted by molar-refractivity contribution is 6.06. The monoisotopic (exact) mass is 392 g/mol. The van der Waals surface area contributed by atoms with Crippen LogP contribution < -0.4 is 16.0 Å². The quantitative estimate of drug-likeness (QED) is 0.403. The van der Waals surface area contributed by atoms with Crippen molar-refractivity contribution in [1.82, 2.24) is 10.3 Å². The third-order valence-corrected chi connectivity index (χ3v) is 4.23. The van der Waals surface area contributed by atoms with Gasteiger partial charge in [0.05, 0.1) is 12.8 Å². The minimum Gasteiger partial charge on any atom is -0.467 e. The highest BCUT2D eigenvalue weighted by atomic mass is 19.1. The zero-order valence-electron chi connectivity index (χ0n) is 15.2. The Labute approximate surface area is 164 Å². The summed E-state index contributed by atoms with van der Waals surface area (Å²) >= 11 is 0. The largest absolute Gasteiger partial charge is 0.467 e. The number of carbonyl (C=O) groups excluding carboxylic acids is 2. The fraction of sp³-hybridized carbons (Fsp3) is 0.0476. The van der Waals surface area contributed by atoms with Gasteiger partial charge in [-0.25, -0.2) is 9.18 Å². The average Bonchev–Trinajstić information content (AvgIpc) is 3.37. The molecular formula is C21H17FN4O3. The fourth-order valence-corrected chi connectivity index (χ4v) is 2.82. The first-order chi connectivity index (χ1) is 14.1. The number of aromatic nitrogens is 1. The molecule has 0 unspecified atom stereocenters. The minimum absolute atomic E-state index is 0.279. The molecule has 4 rings (SSSR count). The third-order valence-electron chi connectivity index (χ3n) is 4.23. The number of benzene rings is 2. The SMILES string of the molecule is O=C(NCc1ccco1)Nc1ccc(NC(=O)c2cc3cc(F)ccc3[nH]2)cc1. The first-order valence-corrected chi connectivity index (χ1v) is 8.84. The summed E-state index contributed by atoms with van der Waals surface area (Å²) in [5, 5.41) is 8.74. The number of nitrogens with one attached hydrogen (secondary N) is 4. The van der Waals surface area contributed by atoms with E-state index in [1.165, 1.54) is 18.4 Å². The van der Waals surface area contributed by atoms with Crippen LogP contribution in [0.2, 0.25) is 0 Å². The molecule has 146 valence electrons. The molecule has 0 aliphatic rings. The second kappa shape index (κ2) is 7.89. The first kappa shape index (κ1) is 18.3. The number of rotatable bonds is 5. The summed E-state index contributed by atoms with van der Waals surface area (Å²) in [7, 11) is 0. The maximum atomic E-state index is 13.3. The lowest BCUT2D eigenvalue weighted by Gasteiger charge is -2.08. The van der Waals surface area contributed by atoms with Crippen molar-refractivity contribution >= 4 is 34.2 Å². The standard InChI is InChI=1S/C21H17FN4O3/c22-14-3-8-18-13(10-14)11-19(26-18)20(27)24-15-4-6-16(7-5-15)25-21(28)23-12-17-2-1-9-29-17/h1-11,26H,12H2,(H,24,27)(H2,23,25,28). The van der Waals surface area contributed by atoms with E-state index in [-0.39, 0.29) is 24.3 Å². The van der Waals surface area contributed by atoms with Crippen LogP contribution in [0.3, 0.4) is 0 Å². The molecule has 0 bridgehead atoms. The molecule has 3 amide bonds. The van der Waals surface area contributed by atoms with E-state index in [9.17, 15) is 14.0 Å². The van der Waals surface area contributed by atoms with Gasteiger partial charge in [0, 0.05) is 22.3 Å². The molecule has 0 atom stereocenters. The first-order valence-electron chi connectivity index (χ1n) is 8.84. The van der Waals surface area contributed by atoms with Crippen LogP contribution in [0, 0.1) is 5.82 Å². The van der Waals surface area contributed by atoms with Crippen LogP contribution >= 0.6 is 0 Å². The highest BCUT2D eigenvalue weighted by Crippen LogP contribution is 2.19. The Balaban J connectivity index is 1.34. The normalized spacial score (nSPS) is 10.7. The molecule has 0 saturated carbocycles. The molecule has 2 aromatic carbocycles. The number of anilines is 2. The molecule has 2 heterocycles. The van der Waals surface area contributed by atoms with Gasteiger partial charge >= 0.3 is 6.03 Å². The maximum Gasteiger partial charge on any atom is 0.319 e. The maximum absolute atomic E-state index is 13.3. The second-order valence-electron chi connectivity index (χ2n) is 6.33. The van der Waals surface area contributed by atoms with Crippen LogP contribution in [0.15, 0.2) is 71.3 Å². The van der Waals surface area contributed by atoms with Crippen molar-refractivity contribution in [2.24, 2.45) is 0 Å².